The van der Waals surface area contributed by atoms with E-state index in [0.29, 0.717) is 41.4 Å². The molecule has 5 fully saturated rings. The van der Waals surface area contributed by atoms with Gasteiger partial charge in [-0.3, -0.25) is 0 Å². The molecule has 0 amide bonds. The van der Waals surface area contributed by atoms with E-state index < -0.39 is 11.8 Å². The summed E-state index contributed by atoms with van der Waals surface area (Å²) in [6, 6.07) is 0. The standard InChI is InChI=1S/C29H47F3O3/c1-26-13-10-24-22(8-6-21-18-28(34,29(30,31)32)15-14-27(21,24)2)23(26)9-7-20(26)4-3-5-25(33)19-11-16-35-17-12-19/h19-25,33-34H,3-18H2,1-2H3/t20-,21+,22+,23+,24+,25?,26-,27+,28+/m1/s1. The Hall–Kier alpha value is -0.330. The highest BCUT2D eigenvalue weighted by Crippen LogP contribution is 2.69. The molecule has 2 N–H and O–H groups in total. The van der Waals surface area contributed by atoms with Crippen LogP contribution in [0.2, 0.25) is 0 Å². The van der Waals surface area contributed by atoms with Crippen molar-refractivity contribution in [1.82, 2.24) is 0 Å². The van der Waals surface area contributed by atoms with E-state index in [1.807, 2.05) is 0 Å². The van der Waals surface area contributed by atoms with Crippen LogP contribution in [-0.2, 0) is 4.74 Å². The van der Waals surface area contributed by atoms with Crippen molar-refractivity contribution >= 4 is 0 Å². The predicted octanol–water partition coefficient (Wildman–Crippen LogP) is 6.90. The predicted molar refractivity (Wildman–Crippen MR) is 130 cm³/mol. The van der Waals surface area contributed by atoms with Gasteiger partial charge >= 0.3 is 6.18 Å². The van der Waals surface area contributed by atoms with Crippen molar-refractivity contribution < 1.29 is 28.1 Å². The van der Waals surface area contributed by atoms with Gasteiger partial charge in [-0.05, 0) is 130 Å². The molecule has 0 aromatic heterocycles. The minimum atomic E-state index is -4.52. The van der Waals surface area contributed by atoms with Gasteiger partial charge in [0.15, 0.2) is 5.60 Å². The smallest absolute Gasteiger partial charge is 0.393 e. The highest BCUT2D eigenvalue weighted by atomic mass is 19.4. The maximum atomic E-state index is 13.6. The van der Waals surface area contributed by atoms with Gasteiger partial charge < -0.3 is 14.9 Å². The molecular formula is C29H47F3O3. The average Bonchev–Trinajstić information content (AvgIpc) is 3.16. The van der Waals surface area contributed by atoms with Crippen LogP contribution in [-0.4, -0.2) is 41.3 Å². The lowest BCUT2D eigenvalue weighted by Gasteiger charge is -2.62. The zero-order chi connectivity index (χ0) is 25.1. The monoisotopic (exact) mass is 500 g/mol. The lowest BCUT2D eigenvalue weighted by Crippen LogP contribution is -2.59. The van der Waals surface area contributed by atoms with Gasteiger partial charge in [0.25, 0.3) is 0 Å². The van der Waals surface area contributed by atoms with Gasteiger partial charge in [0.1, 0.15) is 0 Å². The summed E-state index contributed by atoms with van der Waals surface area (Å²) in [4.78, 5) is 0. The molecule has 0 aromatic rings. The van der Waals surface area contributed by atoms with Gasteiger partial charge in [0.05, 0.1) is 6.10 Å². The third kappa shape index (κ3) is 4.50. The van der Waals surface area contributed by atoms with Crippen molar-refractivity contribution in [2.75, 3.05) is 13.2 Å². The van der Waals surface area contributed by atoms with Gasteiger partial charge in [0.2, 0.25) is 0 Å². The Morgan fingerprint density at radius 3 is 2.31 bits per heavy atom. The van der Waals surface area contributed by atoms with Crippen molar-refractivity contribution in [3.8, 4) is 0 Å². The zero-order valence-corrected chi connectivity index (χ0v) is 21.8. The molecule has 0 aromatic carbocycles. The van der Waals surface area contributed by atoms with E-state index in [9.17, 15) is 23.4 Å². The number of halogens is 3. The Bertz CT molecular complexity index is 752. The topological polar surface area (TPSA) is 49.7 Å². The van der Waals surface area contributed by atoms with E-state index in [2.05, 4.69) is 13.8 Å². The highest BCUT2D eigenvalue weighted by molar-refractivity contribution is 5.11. The summed E-state index contributed by atoms with van der Waals surface area (Å²) < 4.78 is 46.2. The highest BCUT2D eigenvalue weighted by Gasteiger charge is 2.64. The first-order chi connectivity index (χ1) is 16.5. The van der Waals surface area contributed by atoms with Crippen LogP contribution in [0, 0.1) is 46.3 Å². The van der Waals surface area contributed by atoms with Gasteiger partial charge in [-0.2, -0.15) is 13.2 Å². The molecule has 4 saturated carbocycles. The normalized spacial score (nSPS) is 47.6. The van der Waals surface area contributed by atoms with Crippen LogP contribution in [0.1, 0.15) is 104 Å². The second-order valence-electron chi connectivity index (χ2n) is 13.7. The summed E-state index contributed by atoms with van der Waals surface area (Å²) in [5.74, 6) is 2.91. The van der Waals surface area contributed by atoms with Crippen LogP contribution in [0.25, 0.3) is 0 Å². The number of hydrogen-bond acceptors (Lipinski definition) is 3. The van der Waals surface area contributed by atoms with Crippen molar-refractivity contribution in [3.05, 3.63) is 0 Å². The van der Waals surface area contributed by atoms with Gasteiger partial charge in [-0.1, -0.05) is 20.3 Å². The van der Waals surface area contributed by atoms with Crippen LogP contribution in [0.15, 0.2) is 0 Å². The Morgan fingerprint density at radius 2 is 1.60 bits per heavy atom. The van der Waals surface area contributed by atoms with Gasteiger partial charge in [-0.25, -0.2) is 0 Å². The van der Waals surface area contributed by atoms with E-state index in [-0.39, 0.29) is 30.3 Å². The fourth-order valence-corrected chi connectivity index (χ4v) is 10.00. The van der Waals surface area contributed by atoms with E-state index >= 15 is 0 Å². The Balaban J connectivity index is 1.20. The van der Waals surface area contributed by atoms with Gasteiger partial charge in [0, 0.05) is 13.2 Å². The average molecular weight is 501 g/mol. The largest absolute Gasteiger partial charge is 0.417 e. The maximum absolute atomic E-state index is 13.6. The molecule has 5 aliphatic rings. The summed E-state index contributed by atoms with van der Waals surface area (Å²) in [6.07, 6.45) is 7.44. The fourth-order valence-electron chi connectivity index (χ4n) is 10.00. The lowest BCUT2D eigenvalue weighted by molar-refractivity contribution is -0.290. The molecule has 6 heteroatoms. The van der Waals surface area contributed by atoms with Crippen molar-refractivity contribution in [1.29, 1.82) is 0 Å². The van der Waals surface area contributed by atoms with E-state index in [1.54, 1.807) is 0 Å². The summed E-state index contributed by atoms with van der Waals surface area (Å²) >= 11 is 0. The molecule has 1 aliphatic heterocycles. The molecule has 202 valence electrons. The minimum Gasteiger partial charge on any atom is -0.393 e. The summed E-state index contributed by atoms with van der Waals surface area (Å²) in [6.45, 7) is 6.33. The SMILES string of the molecule is C[C@]12CC[C@@](O)(C(F)(F)F)C[C@@H]1CC[C@@H]1[C@@H]2CC[C@]2(C)[C@H](CCCC(O)C3CCOCC3)CC[C@@H]12. The Kier molecular flexibility index (Phi) is 7.10. The van der Waals surface area contributed by atoms with Crippen molar-refractivity contribution in [2.24, 2.45) is 46.3 Å². The maximum Gasteiger partial charge on any atom is 0.417 e. The molecule has 1 unspecified atom stereocenters. The molecule has 1 saturated heterocycles. The van der Waals surface area contributed by atoms with Crippen LogP contribution >= 0.6 is 0 Å². The van der Waals surface area contributed by atoms with E-state index in [4.69, 9.17) is 4.74 Å². The molecule has 0 bridgehead atoms. The molecule has 0 radical (unpaired) electrons. The molecular weight excluding hydrogens is 453 g/mol. The third-order valence-electron chi connectivity index (χ3n) is 12.3. The quantitative estimate of drug-likeness (QED) is 0.432. The first-order valence-corrected chi connectivity index (χ1v) is 14.5. The Morgan fingerprint density at radius 1 is 0.886 bits per heavy atom. The number of fused-ring (bicyclic) bond motifs is 5. The number of aliphatic hydroxyl groups excluding tert-OH is 1. The lowest BCUT2D eigenvalue weighted by atomic mass is 9.43. The number of hydrogen-bond donors (Lipinski definition) is 2. The molecule has 0 spiro atoms. The molecule has 35 heavy (non-hydrogen) atoms. The fraction of sp³-hybridized carbons (Fsp3) is 1.00. The van der Waals surface area contributed by atoms with Crippen molar-refractivity contribution in [3.63, 3.8) is 0 Å². The zero-order valence-electron chi connectivity index (χ0n) is 21.8. The first-order valence-electron chi connectivity index (χ1n) is 14.5. The summed E-state index contributed by atoms with van der Waals surface area (Å²) in [5, 5.41) is 21.1. The summed E-state index contributed by atoms with van der Waals surface area (Å²) in [5.41, 5.74) is -2.20. The van der Waals surface area contributed by atoms with Crippen LogP contribution in [0.5, 0.6) is 0 Å². The second kappa shape index (κ2) is 9.45. The van der Waals surface area contributed by atoms with E-state index in [1.165, 1.54) is 25.7 Å². The first kappa shape index (κ1) is 26.3. The Labute approximate surface area is 209 Å². The molecule has 4 aliphatic carbocycles. The number of alkyl halides is 3. The molecule has 9 atom stereocenters. The van der Waals surface area contributed by atoms with Gasteiger partial charge in [-0.15, -0.1) is 0 Å². The number of ether oxygens (including phenoxy) is 1. The second-order valence-corrected chi connectivity index (χ2v) is 13.7. The van der Waals surface area contributed by atoms with Crippen LogP contribution in [0.4, 0.5) is 13.2 Å². The van der Waals surface area contributed by atoms with E-state index in [0.717, 1.165) is 58.2 Å². The van der Waals surface area contributed by atoms with Crippen LogP contribution < -0.4 is 0 Å². The van der Waals surface area contributed by atoms with Crippen LogP contribution in [0.3, 0.4) is 0 Å². The van der Waals surface area contributed by atoms with Crippen molar-refractivity contribution in [2.45, 2.75) is 122 Å². The molecule has 5 rings (SSSR count). The number of rotatable bonds is 5. The number of aliphatic hydroxyl groups is 2. The molecule has 1 heterocycles. The minimum absolute atomic E-state index is 0.0163. The molecule has 3 nitrogen and oxygen atoms in total. The third-order valence-corrected chi connectivity index (χ3v) is 12.3. The summed E-state index contributed by atoms with van der Waals surface area (Å²) in [7, 11) is 0.